The van der Waals surface area contributed by atoms with E-state index >= 15 is 0 Å². The molecule has 102 valence electrons. The molecule has 1 aromatic carbocycles. The van der Waals surface area contributed by atoms with Gasteiger partial charge in [-0.15, -0.1) is 23.1 Å². The molecule has 1 amide bonds. The van der Waals surface area contributed by atoms with Gasteiger partial charge in [0.15, 0.2) is 11.5 Å². The van der Waals surface area contributed by atoms with Gasteiger partial charge in [0.1, 0.15) is 0 Å². The molecule has 2 aliphatic heterocycles. The maximum absolute atomic E-state index is 11.7. The summed E-state index contributed by atoms with van der Waals surface area (Å²) in [7, 11) is 0. The number of fused-ring (bicyclic) bond motifs is 2. The number of nitrogens with one attached hydrogen (secondary N) is 1. The lowest BCUT2D eigenvalue weighted by molar-refractivity contribution is -0.113. The molecule has 1 aromatic heterocycles. The number of anilines is 1. The molecule has 1 unspecified atom stereocenters. The van der Waals surface area contributed by atoms with Gasteiger partial charge in [-0.05, 0) is 29.1 Å². The van der Waals surface area contributed by atoms with Crippen molar-refractivity contribution in [3.8, 4) is 11.5 Å². The fraction of sp³-hybridized carbons (Fsp3) is 0.214. The SMILES string of the molecule is O=C1CSC(c2ccc3c(c2)OCO3)c2sccc2N1. The number of benzene rings is 1. The Morgan fingerprint density at radius 3 is 3.05 bits per heavy atom. The number of thioether (sulfide) groups is 1. The number of ether oxygens (including phenoxy) is 2. The third-order valence-electron chi connectivity index (χ3n) is 3.29. The average Bonchev–Trinajstić information content (AvgIpc) is 3.05. The molecule has 6 heteroatoms. The van der Waals surface area contributed by atoms with Crippen LogP contribution in [0.1, 0.15) is 15.7 Å². The zero-order valence-electron chi connectivity index (χ0n) is 10.4. The van der Waals surface area contributed by atoms with Crippen LogP contribution in [0.4, 0.5) is 5.69 Å². The van der Waals surface area contributed by atoms with Crippen LogP contribution in [-0.4, -0.2) is 18.5 Å². The summed E-state index contributed by atoms with van der Waals surface area (Å²) in [6.07, 6.45) is 0. The molecular weight excluding hydrogens is 294 g/mol. The first kappa shape index (κ1) is 12.1. The minimum Gasteiger partial charge on any atom is -0.454 e. The van der Waals surface area contributed by atoms with Crippen LogP contribution in [0.15, 0.2) is 29.6 Å². The van der Waals surface area contributed by atoms with E-state index in [1.807, 2.05) is 29.6 Å². The van der Waals surface area contributed by atoms with Crippen LogP contribution >= 0.6 is 23.1 Å². The standard InChI is InChI=1S/C14H11NO3S2/c16-12-6-20-13(14-9(15-12)3-4-19-14)8-1-2-10-11(5-8)18-7-17-10/h1-5,13H,6-7H2,(H,15,16). The first-order chi connectivity index (χ1) is 9.81. The zero-order valence-corrected chi connectivity index (χ0v) is 12.1. The van der Waals surface area contributed by atoms with Gasteiger partial charge in [0.2, 0.25) is 12.7 Å². The fourth-order valence-corrected chi connectivity index (χ4v) is 4.61. The van der Waals surface area contributed by atoms with Crippen molar-refractivity contribution in [3.05, 3.63) is 40.1 Å². The highest BCUT2D eigenvalue weighted by atomic mass is 32.2. The van der Waals surface area contributed by atoms with Gasteiger partial charge in [-0.2, -0.15) is 0 Å². The molecule has 0 fully saturated rings. The summed E-state index contributed by atoms with van der Waals surface area (Å²) >= 11 is 3.31. The van der Waals surface area contributed by atoms with E-state index < -0.39 is 0 Å². The number of hydrogen-bond acceptors (Lipinski definition) is 5. The lowest BCUT2D eigenvalue weighted by atomic mass is 10.1. The summed E-state index contributed by atoms with van der Waals surface area (Å²) in [6.45, 7) is 0.279. The van der Waals surface area contributed by atoms with E-state index in [9.17, 15) is 4.79 Å². The van der Waals surface area contributed by atoms with Crippen LogP contribution in [0.5, 0.6) is 11.5 Å². The molecule has 0 bridgehead atoms. The molecule has 0 saturated heterocycles. The largest absolute Gasteiger partial charge is 0.454 e. The summed E-state index contributed by atoms with van der Waals surface area (Å²) in [5, 5.41) is 5.11. The summed E-state index contributed by atoms with van der Waals surface area (Å²) in [5.74, 6) is 2.08. The van der Waals surface area contributed by atoms with E-state index in [4.69, 9.17) is 9.47 Å². The molecule has 0 radical (unpaired) electrons. The Morgan fingerprint density at radius 2 is 2.10 bits per heavy atom. The maximum atomic E-state index is 11.7. The Balaban J connectivity index is 1.77. The minimum absolute atomic E-state index is 0.0536. The number of carbonyl (C=O) groups is 1. The second-order valence-electron chi connectivity index (χ2n) is 4.55. The van der Waals surface area contributed by atoms with Gasteiger partial charge in [0, 0.05) is 4.88 Å². The van der Waals surface area contributed by atoms with Crippen molar-refractivity contribution < 1.29 is 14.3 Å². The molecule has 1 N–H and O–H groups in total. The van der Waals surface area contributed by atoms with Gasteiger partial charge in [-0.1, -0.05) is 6.07 Å². The maximum Gasteiger partial charge on any atom is 0.234 e. The fourth-order valence-electron chi connectivity index (χ4n) is 2.37. The Morgan fingerprint density at radius 1 is 1.20 bits per heavy atom. The molecule has 0 spiro atoms. The minimum atomic E-state index is 0.0536. The molecule has 20 heavy (non-hydrogen) atoms. The lowest BCUT2D eigenvalue weighted by Crippen LogP contribution is -2.11. The zero-order chi connectivity index (χ0) is 13.5. The number of carbonyl (C=O) groups excluding carboxylic acids is 1. The smallest absolute Gasteiger partial charge is 0.234 e. The van der Waals surface area contributed by atoms with Crippen LogP contribution in [-0.2, 0) is 4.79 Å². The van der Waals surface area contributed by atoms with E-state index in [0.29, 0.717) is 5.75 Å². The van der Waals surface area contributed by atoms with Crippen molar-refractivity contribution in [2.24, 2.45) is 0 Å². The highest BCUT2D eigenvalue weighted by Crippen LogP contribution is 2.46. The van der Waals surface area contributed by atoms with Gasteiger partial charge in [-0.3, -0.25) is 4.79 Å². The molecule has 4 rings (SSSR count). The second-order valence-corrected chi connectivity index (χ2v) is 6.59. The molecule has 2 aromatic rings. The summed E-state index contributed by atoms with van der Waals surface area (Å²) in [5.41, 5.74) is 2.06. The summed E-state index contributed by atoms with van der Waals surface area (Å²) < 4.78 is 10.8. The van der Waals surface area contributed by atoms with Gasteiger partial charge >= 0.3 is 0 Å². The lowest BCUT2D eigenvalue weighted by Gasteiger charge is -2.14. The van der Waals surface area contributed by atoms with Gasteiger partial charge < -0.3 is 14.8 Å². The quantitative estimate of drug-likeness (QED) is 0.878. The normalized spacial score (nSPS) is 20.2. The molecule has 3 heterocycles. The third-order valence-corrected chi connectivity index (χ3v) is 5.69. The van der Waals surface area contributed by atoms with E-state index in [0.717, 1.165) is 22.7 Å². The number of rotatable bonds is 1. The van der Waals surface area contributed by atoms with E-state index in [1.54, 1.807) is 23.1 Å². The van der Waals surface area contributed by atoms with Crippen molar-refractivity contribution in [1.29, 1.82) is 0 Å². The molecular formula is C14H11NO3S2. The third kappa shape index (κ3) is 1.96. The van der Waals surface area contributed by atoms with Crippen molar-refractivity contribution in [3.63, 3.8) is 0 Å². The van der Waals surface area contributed by atoms with Crippen molar-refractivity contribution >= 4 is 34.7 Å². The van der Waals surface area contributed by atoms with Crippen LogP contribution in [0, 0.1) is 0 Å². The van der Waals surface area contributed by atoms with Crippen molar-refractivity contribution in [2.45, 2.75) is 5.25 Å². The Bertz CT molecular complexity index is 683. The monoisotopic (exact) mass is 305 g/mol. The van der Waals surface area contributed by atoms with E-state index in [-0.39, 0.29) is 18.0 Å². The predicted molar refractivity (Wildman–Crippen MR) is 79.8 cm³/mol. The molecule has 0 saturated carbocycles. The second kappa shape index (κ2) is 4.71. The highest BCUT2D eigenvalue weighted by molar-refractivity contribution is 8.00. The number of amides is 1. The average molecular weight is 305 g/mol. The Labute approximate surface area is 124 Å². The molecule has 2 aliphatic rings. The summed E-state index contributed by atoms with van der Waals surface area (Å²) in [6, 6.07) is 7.96. The van der Waals surface area contributed by atoms with Crippen LogP contribution in [0.2, 0.25) is 0 Å². The Hall–Kier alpha value is -1.66. The molecule has 0 aliphatic carbocycles. The van der Waals surface area contributed by atoms with Crippen molar-refractivity contribution in [1.82, 2.24) is 0 Å². The topological polar surface area (TPSA) is 47.6 Å². The predicted octanol–water partition coefficient (Wildman–Crippen LogP) is 3.25. The molecule has 4 nitrogen and oxygen atoms in total. The van der Waals surface area contributed by atoms with E-state index in [1.165, 1.54) is 4.88 Å². The van der Waals surface area contributed by atoms with Crippen LogP contribution in [0.25, 0.3) is 0 Å². The number of hydrogen-bond donors (Lipinski definition) is 1. The number of thiophene rings is 1. The van der Waals surface area contributed by atoms with Crippen LogP contribution in [0.3, 0.4) is 0 Å². The molecule has 1 atom stereocenters. The first-order valence-corrected chi connectivity index (χ1v) is 8.12. The van der Waals surface area contributed by atoms with Crippen molar-refractivity contribution in [2.75, 3.05) is 17.9 Å². The summed E-state index contributed by atoms with van der Waals surface area (Å²) in [4.78, 5) is 12.9. The van der Waals surface area contributed by atoms with Gasteiger partial charge in [0.05, 0.1) is 16.7 Å². The van der Waals surface area contributed by atoms with Crippen LogP contribution < -0.4 is 14.8 Å². The van der Waals surface area contributed by atoms with Gasteiger partial charge in [0.25, 0.3) is 0 Å². The Kier molecular flexibility index (Phi) is 2.85. The van der Waals surface area contributed by atoms with E-state index in [2.05, 4.69) is 5.32 Å². The highest BCUT2D eigenvalue weighted by Gasteiger charge is 2.26. The van der Waals surface area contributed by atoms with Gasteiger partial charge in [-0.25, -0.2) is 0 Å². The first-order valence-electron chi connectivity index (χ1n) is 6.19.